The first-order valence-electron chi connectivity index (χ1n) is 6.18. The lowest BCUT2D eigenvalue weighted by Crippen LogP contribution is -2.49. The van der Waals surface area contributed by atoms with E-state index in [4.69, 9.17) is 0 Å². The number of carbonyl (C=O) groups is 1. The molecule has 3 nitrogen and oxygen atoms in total. The molecule has 2 rings (SSSR count). The first-order chi connectivity index (χ1) is 9.39. The van der Waals surface area contributed by atoms with Gasteiger partial charge in [-0.1, -0.05) is 15.9 Å². The topological polar surface area (TPSA) is 23.6 Å². The summed E-state index contributed by atoms with van der Waals surface area (Å²) in [7, 11) is 0. The maximum atomic E-state index is 12.3. The summed E-state index contributed by atoms with van der Waals surface area (Å²) in [5.74, 6) is 0. The van der Waals surface area contributed by atoms with Gasteiger partial charge < -0.3 is 4.90 Å². The summed E-state index contributed by atoms with van der Waals surface area (Å²) in [4.78, 5) is 14.4. The van der Waals surface area contributed by atoms with Gasteiger partial charge in [0, 0.05) is 41.9 Å². The molecule has 0 amide bonds. The maximum Gasteiger partial charge on any atom is 0.401 e. The lowest BCUT2D eigenvalue weighted by molar-refractivity contribution is -0.146. The zero-order valence-electron chi connectivity index (χ0n) is 10.7. The third kappa shape index (κ3) is 3.96. The number of benzene rings is 1. The molecule has 1 aromatic rings. The lowest BCUT2D eigenvalue weighted by atomic mass is 10.1. The summed E-state index contributed by atoms with van der Waals surface area (Å²) in [6, 6.07) is 5.35. The number of rotatable bonds is 3. The molecule has 0 radical (unpaired) electrons. The van der Waals surface area contributed by atoms with Gasteiger partial charge in [0.2, 0.25) is 0 Å². The Labute approximate surface area is 123 Å². The molecule has 1 aliphatic rings. The predicted molar refractivity (Wildman–Crippen MR) is 74.2 cm³/mol. The van der Waals surface area contributed by atoms with Crippen molar-refractivity contribution < 1.29 is 18.0 Å². The minimum absolute atomic E-state index is 0.341. The molecule has 1 aromatic carbocycles. The van der Waals surface area contributed by atoms with Gasteiger partial charge in [-0.25, -0.2) is 0 Å². The van der Waals surface area contributed by atoms with Gasteiger partial charge in [0.05, 0.1) is 6.54 Å². The Morgan fingerprint density at radius 3 is 2.40 bits per heavy atom. The molecule has 1 heterocycles. The third-order valence-corrected chi connectivity index (χ3v) is 3.73. The van der Waals surface area contributed by atoms with E-state index in [-0.39, 0.29) is 0 Å². The molecular weight excluding hydrogens is 337 g/mol. The first kappa shape index (κ1) is 15.3. The van der Waals surface area contributed by atoms with Gasteiger partial charge >= 0.3 is 6.18 Å². The molecule has 0 aliphatic carbocycles. The van der Waals surface area contributed by atoms with E-state index in [1.165, 1.54) is 4.90 Å². The van der Waals surface area contributed by atoms with Crippen LogP contribution in [0.5, 0.6) is 0 Å². The highest BCUT2D eigenvalue weighted by Gasteiger charge is 2.32. The van der Waals surface area contributed by atoms with Crippen LogP contribution in [-0.4, -0.2) is 50.1 Å². The third-order valence-electron chi connectivity index (χ3n) is 3.23. The highest BCUT2D eigenvalue weighted by molar-refractivity contribution is 9.10. The van der Waals surface area contributed by atoms with Crippen molar-refractivity contribution in [3.05, 3.63) is 28.2 Å². The second-order valence-corrected chi connectivity index (χ2v) is 5.62. The predicted octanol–water partition coefficient (Wildman–Crippen LogP) is 2.95. The van der Waals surface area contributed by atoms with E-state index in [0.717, 1.165) is 16.4 Å². The summed E-state index contributed by atoms with van der Waals surface area (Å²) >= 11 is 3.29. The van der Waals surface area contributed by atoms with Crippen LogP contribution >= 0.6 is 15.9 Å². The highest BCUT2D eigenvalue weighted by Crippen LogP contribution is 2.25. The van der Waals surface area contributed by atoms with E-state index in [2.05, 4.69) is 15.9 Å². The van der Waals surface area contributed by atoms with Crippen molar-refractivity contribution in [1.29, 1.82) is 0 Å². The fraction of sp³-hybridized carbons (Fsp3) is 0.462. The van der Waals surface area contributed by atoms with E-state index in [1.807, 2.05) is 17.0 Å². The van der Waals surface area contributed by atoms with Crippen molar-refractivity contribution in [3.63, 3.8) is 0 Å². The van der Waals surface area contributed by atoms with E-state index in [1.54, 1.807) is 6.07 Å². The summed E-state index contributed by atoms with van der Waals surface area (Å²) in [6.45, 7) is 0.778. The van der Waals surface area contributed by atoms with Crippen LogP contribution in [0.25, 0.3) is 0 Å². The zero-order valence-corrected chi connectivity index (χ0v) is 12.2. The number of hydrogen-bond donors (Lipinski definition) is 0. The normalized spacial score (nSPS) is 17.3. The first-order valence-corrected chi connectivity index (χ1v) is 6.97. The Kier molecular flexibility index (Phi) is 4.70. The van der Waals surface area contributed by atoms with E-state index >= 15 is 0 Å². The van der Waals surface area contributed by atoms with Crippen LogP contribution in [0.2, 0.25) is 0 Å². The smallest absolute Gasteiger partial charge is 0.368 e. The van der Waals surface area contributed by atoms with Crippen molar-refractivity contribution >= 4 is 27.9 Å². The SMILES string of the molecule is O=Cc1cc(Br)ccc1N1CCN(CC(F)(F)F)CC1. The van der Waals surface area contributed by atoms with Crippen LogP contribution in [-0.2, 0) is 0 Å². The van der Waals surface area contributed by atoms with Crippen LogP contribution in [0, 0.1) is 0 Å². The molecule has 0 unspecified atom stereocenters. The van der Waals surface area contributed by atoms with Gasteiger partial charge in [0.25, 0.3) is 0 Å². The molecule has 0 bridgehead atoms. The van der Waals surface area contributed by atoms with Gasteiger partial charge in [-0.2, -0.15) is 13.2 Å². The molecule has 0 saturated carbocycles. The fourth-order valence-corrected chi connectivity index (χ4v) is 2.69. The molecule has 7 heteroatoms. The van der Waals surface area contributed by atoms with Crippen molar-refractivity contribution in [3.8, 4) is 0 Å². The van der Waals surface area contributed by atoms with Gasteiger partial charge in [-0.3, -0.25) is 9.69 Å². The monoisotopic (exact) mass is 350 g/mol. The number of aldehydes is 1. The molecule has 1 fully saturated rings. The minimum Gasteiger partial charge on any atom is -0.368 e. The second kappa shape index (κ2) is 6.13. The van der Waals surface area contributed by atoms with Crippen molar-refractivity contribution in [1.82, 2.24) is 4.90 Å². The number of anilines is 1. The van der Waals surface area contributed by atoms with Crippen molar-refractivity contribution in [2.45, 2.75) is 6.18 Å². The number of carbonyl (C=O) groups excluding carboxylic acids is 1. The largest absolute Gasteiger partial charge is 0.401 e. The standard InChI is InChI=1S/C13H14BrF3N2O/c14-11-1-2-12(10(7-11)8-20)19-5-3-18(4-6-19)9-13(15,16)17/h1-2,7-8H,3-6,9H2. The number of halogens is 4. The molecular formula is C13H14BrF3N2O. The summed E-state index contributed by atoms with van der Waals surface area (Å²) in [5.41, 5.74) is 1.32. The summed E-state index contributed by atoms with van der Waals surface area (Å²) < 4.78 is 37.8. The van der Waals surface area contributed by atoms with Crippen LogP contribution in [0.15, 0.2) is 22.7 Å². The number of alkyl halides is 3. The summed E-state index contributed by atoms with van der Waals surface area (Å²) in [5, 5.41) is 0. The molecule has 0 atom stereocenters. The van der Waals surface area contributed by atoms with Crippen LogP contribution in [0.1, 0.15) is 10.4 Å². The second-order valence-electron chi connectivity index (χ2n) is 4.70. The van der Waals surface area contributed by atoms with Gasteiger partial charge in [0.15, 0.2) is 6.29 Å². The molecule has 0 aromatic heterocycles. The molecule has 1 saturated heterocycles. The Balaban J connectivity index is 2.02. The number of hydrogen-bond acceptors (Lipinski definition) is 3. The van der Waals surface area contributed by atoms with E-state index in [0.29, 0.717) is 31.7 Å². The average Bonchev–Trinajstić information content (AvgIpc) is 2.38. The molecule has 20 heavy (non-hydrogen) atoms. The highest BCUT2D eigenvalue weighted by atomic mass is 79.9. The number of piperazine rings is 1. The Hall–Kier alpha value is -1.08. The minimum atomic E-state index is -4.16. The maximum absolute atomic E-state index is 12.3. The number of nitrogens with zero attached hydrogens (tertiary/aromatic N) is 2. The summed E-state index contributed by atoms with van der Waals surface area (Å²) in [6.07, 6.45) is -3.39. The Morgan fingerprint density at radius 2 is 1.85 bits per heavy atom. The molecule has 0 spiro atoms. The van der Waals surface area contributed by atoms with Gasteiger partial charge in [0.1, 0.15) is 0 Å². The van der Waals surface area contributed by atoms with Crippen LogP contribution in [0.3, 0.4) is 0 Å². The van der Waals surface area contributed by atoms with Crippen molar-refractivity contribution in [2.24, 2.45) is 0 Å². The fourth-order valence-electron chi connectivity index (χ4n) is 2.31. The quantitative estimate of drug-likeness (QED) is 0.783. The molecule has 0 N–H and O–H groups in total. The van der Waals surface area contributed by atoms with Gasteiger partial charge in [-0.15, -0.1) is 0 Å². The van der Waals surface area contributed by atoms with Crippen LogP contribution < -0.4 is 4.90 Å². The molecule has 110 valence electrons. The van der Waals surface area contributed by atoms with Crippen molar-refractivity contribution in [2.75, 3.05) is 37.6 Å². The van der Waals surface area contributed by atoms with Crippen LogP contribution in [0.4, 0.5) is 18.9 Å². The zero-order chi connectivity index (χ0) is 14.8. The van der Waals surface area contributed by atoms with E-state index < -0.39 is 12.7 Å². The van der Waals surface area contributed by atoms with E-state index in [9.17, 15) is 18.0 Å². The lowest BCUT2D eigenvalue weighted by Gasteiger charge is -2.36. The Bertz CT molecular complexity index is 485. The Morgan fingerprint density at radius 1 is 1.20 bits per heavy atom. The van der Waals surface area contributed by atoms with Gasteiger partial charge in [-0.05, 0) is 18.2 Å². The molecule has 1 aliphatic heterocycles. The average molecular weight is 351 g/mol.